The number of halogens is 3. The van der Waals surface area contributed by atoms with Crippen LogP contribution in [0.2, 0.25) is 0 Å². The fourth-order valence-corrected chi connectivity index (χ4v) is 1.69. The van der Waals surface area contributed by atoms with Crippen molar-refractivity contribution in [2.24, 2.45) is 0 Å². The highest BCUT2D eigenvalue weighted by Gasteiger charge is 2.23. The van der Waals surface area contributed by atoms with Gasteiger partial charge in [0.15, 0.2) is 0 Å². The zero-order chi connectivity index (χ0) is 11.6. The molecule has 0 heterocycles. The van der Waals surface area contributed by atoms with Crippen LogP contribution in [0.4, 0.5) is 8.78 Å². The van der Waals surface area contributed by atoms with Gasteiger partial charge in [-0.1, -0.05) is 6.07 Å². The van der Waals surface area contributed by atoms with Crippen molar-refractivity contribution in [1.82, 2.24) is 0 Å². The summed E-state index contributed by atoms with van der Waals surface area (Å²) in [5.74, 6) is -1.51. The Kier molecular flexibility index (Phi) is 3.57. The largest absolute Gasteiger partial charge is 0.478 e. The van der Waals surface area contributed by atoms with Gasteiger partial charge in [-0.2, -0.15) is 5.26 Å². The first kappa shape index (κ1) is 11.8. The molecule has 1 rings (SSSR count). The van der Waals surface area contributed by atoms with Crippen LogP contribution in [-0.4, -0.2) is 11.1 Å². The zero-order valence-corrected chi connectivity index (χ0v) is 9.33. The highest BCUT2D eigenvalue weighted by Crippen LogP contribution is 2.28. The Morgan fingerprint density at radius 1 is 1.53 bits per heavy atom. The molecule has 1 aromatic rings. The van der Waals surface area contributed by atoms with Crippen molar-refractivity contribution >= 4 is 28.6 Å². The van der Waals surface area contributed by atoms with Gasteiger partial charge in [0.1, 0.15) is 6.07 Å². The highest BCUT2D eigenvalue weighted by atomic mass is 127. The van der Waals surface area contributed by atoms with Gasteiger partial charge in [0.2, 0.25) is 0 Å². The third-order valence-electron chi connectivity index (χ3n) is 1.75. The van der Waals surface area contributed by atoms with Crippen LogP contribution in [0.25, 0.3) is 0 Å². The summed E-state index contributed by atoms with van der Waals surface area (Å²) in [4.78, 5) is 10.8. The smallest absolute Gasteiger partial charge is 0.337 e. The van der Waals surface area contributed by atoms with Crippen molar-refractivity contribution in [3.63, 3.8) is 0 Å². The van der Waals surface area contributed by atoms with Gasteiger partial charge in [-0.15, -0.1) is 0 Å². The van der Waals surface area contributed by atoms with Gasteiger partial charge in [-0.25, -0.2) is 13.6 Å². The Hall–Kier alpha value is -1.23. The summed E-state index contributed by atoms with van der Waals surface area (Å²) in [5, 5.41) is 17.5. The first-order valence-electron chi connectivity index (χ1n) is 3.73. The van der Waals surface area contributed by atoms with Crippen LogP contribution in [0.15, 0.2) is 12.1 Å². The summed E-state index contributed by atoms with van der Waals surface area (Å²) in [6.07, 6.45) is -2.90. The number of hydrogen-bond donors (Lipinski definition) is 1. The van der Waals surface area contributed by atoms with E-state index in [-0.39, 0.29) is 5.56 Å². The average molecular weight is 323 g/mol. The number of nitrogens with zero attached hydrogens (tertiary/aromatic N) is 1. The number of benzene rings is 1. The number of carboxylic acid groups (broad SMARTS) is 1. The molecule has 0 aliphatic heterocycles. The molecule has 0 unspecified atom stereocenters. The molecule has 0 saturated heterocycles. The van der Waals surface area contributed by atoms with Crippen LogP contribution >= 0.6 is 22.6 Å². The molecule has 0 spiro atoms. The van der Waals surface area contributed by atoms with Crippen molar-refractivity contribution in [2.45, 2.75) is 6.43 Å². The Balaban J connectivity index is 3.58. The maximum atomic E-state index is 12.5. The standard InChI is InChI=1S/C9H4F2INO2/c10-8(11)4-1-2-6(12)5(3-13)7(4)9(14)15/h1-2,8H,(H,14,15). The van der Waals surface area contributed by atoms with Crippen molar-refractivity contribution in [3.8, 4) is 6.07 Å². The summed E-state index contributed by atoms with van der Waals surface area (Å²) >= 11 is 1.73. The summed E-state index contributed by atoms with van der Waals surface area (Å²) in [7, 11) is 0. The predicted octanol–water partition coefficient (Wildman–Crippen LogP) is 2.80. The first-order valence-corrected chi connectivity index (χ1v) is 4.80. The number of carboxylic acids is 1. The van der Waals surface area contributed by atoms with Crippen molar-refractivity contribution in [3.05, 3.63) is 32.4 Å². The van der Waals surface area contributed by atoms with Gasteiger partial charge in [-0.05, 0) is 28.7 Å². The Morgan fingerprint density at radius 2 is 2.13 bits per heavy atom. The summed E-state index contributed by atoms with van der Waals surface area (Å²) in [6.45, 7) is 0. The molecular formula is C9H4F2INO2. The quantitative estimate of drug-likeness (QED) is 0.852. The van der Waals surface area contributed by atoms with E-state index in [0.717, 1.165) is 6.07 Å². The predicted molar refractivity (Wildman–Crippen MR) is 55.8 cm³/mol. The van der Waals surface area contributed by atoms with Gasteiger partial charge in [0, 0.05) is 9.13 Å². The molecule has 78 valence electrons. The summed E-state index contributed by atoms with van der Waals surface area (Å²) in [6, 6.07) is 3.94. The Morgan fingerprint density at radius 3 is 2.53 bits per heavy atom. The monoisotopic (exact) mass is 323 g/mol. The molecule has 0 aromatic heterocycles. The lowest BCUT2D eigenvalue weighted by molar-refractivity contribution is 0.0684. The summed E-state index contributed by atoms with van der Waals surface area (Å²) < 4.78 is 25.3. The molecule has 15 heavy (non-hydrogen) atoms. The molecule has 0 atom stereocenters. The van der Waals surface area contributed by atoms with Crippen LogP contribution < -0.4 is 0 Å². The molecule has 0 amide bonds. The fourth-order valence-electron chi connectivity index (χ4n) is 1.11. The normalized spacial score (nSPS) is 10.1. The SMILES string of the molecule is N#Cc1c(I)ccc(C(F)F)c1C(=O)O. The van der Waals surface area contributed by atoms with E-state index in [1.54, 1.807) is 28.7 Å². The Labute approximate surface area is 97.5 Å². The fraction of sp³-hybridized carbons (Fsp3) is 0.111. The third-order valence-corrected chi connectivity index (χ3v) is 2.65. The minimum absolute atomic E-state index is 0.221. The molecule has 0 aliphatic carbocycles. The number of nitriles is 1. The Bertz CT molecular complexity index is 454. The minimum atomic E-state index is -2.90. The van der Waals surface area contributed by atoms with E-state index < -0.39 is 23.5 Å². The van der Waals surface area contributed by atoms with Crippen molar-refractivity contribution < 1.29 is 18.7 Å². The zero-order valence-electron chi connectivity index (χ0n) is 7.17. The van der Waals surface area contributed by atoms with Gasteiger partial charge in [-0.3, -0.25) is 0 Å². The second-order valence-corrected chi connectivity index (χ2v) is 3.77. The van der Waals surface area contributed by atoms with Crippen molar-refractivity contribution in [2.75, 3.05) is 0 Å². The second-order valence-electron chi connectivity index (χ2n) is 2.60. The van der Waals surface area contributed by atoms with Crippen molar-refractivity contribution in [1.29, 1.82) is 5.26 Å². The van der Waals surface area contributed by atoms with E-state index in [1.807, 2.05) is 0 Å². The molecule has 3 nitrogen and oxygen atoms in total. The molecule has 0 radical (unpaired) electrons. The van der Waals surface area contributed by atoms with Crippen LogP contribution in [0.3, 0.4) is 0 Å². The molecule has 6 heteroatoms. The number of rotatable bonds is 2. The molecule has 0 aliphatic rings. The van der Waals surface area contributed by atoms with Crippen LogP contribution in [0, 0.1) is 14.9 Å². The first-order chi connectivity index (χ1) is 6.99. The lowest BCUT2D eigenvalue weighted by Crippen LogP contribution is -2.07. The number of carbonyl (C=O) groups is 1. The van der Waals surface area contributed by atoms with E-state index in [1.165, 1.54) is 6.07 Å². The van der Waals surface area contributed by atoms with E-state index in [4.69, 9.17) is 10.4 Å². The maximum absolute atomic E-state index is 12.5. The van der Waals surface area contributed by atoms with Crippen LogP contribution in [0.1, 0.15) is 27.9 Å². The van der Waals surface area contributed by atoms with Gasteiger partial charge in [0.25, 0.3) is 6.43 Å². The molecule has 1 N–H and O–H groups in total. The second kappa shape index (κ2) is 4.53. The minimum Gasteiger partial charge on any atom is -0.478 e. The third kappa shape index (κ3) is 2.23. The van der Waals surface area contributed by atoms with E-state index in [9.17, 15) is 13.6 Å². The molecule has 0 fully saturated rings. The molecular weight excluding hydrogens is 319 g/mol. The van der Waals surface area contributed by atoms with E-state index >= 15 is 0 Å². The average Bonchev–Trinajstić information content (AvgIpc) is 2.16. The molecule has 0 saturated carbocycles. The van der Waals surface area contributed by atoms with E-state index in [0.29, 0.717) is 3.57 Å². The number of alkyl halides is 2. The lowest BCUT2D eigenvalue weighted by Gasteiger charge is -2.07. The highest BCUT2D eigenvalue weighted by molar-refractivity contribution is 14.1. The van der Waals surface area contributed by atoms with Gasteiger partial charge >= 0.3 is 5.97 Å². The van der Waals surface area contributed by atoms with Gasteiger partial charge < -0.3 is 5.11 Å². The maximum Gasteiger partial charge on any atom is 0.337 e. The molecule has 1 aromatic carbocycles. The van der Waals surface area contributed by atoms with Gasteiger partial charge in [0.05, 0.1) is 11.1 Å². The number of hydrogen-bond acceptors (Lipinski definition) is 2. The van der Waals surface area contributed by atoms with Crippen LogP contribution in [-0.2, 0) is 0 Å². The molecule has 0 bridgehead atoms. The lowest BCUT2D eigenvalue weighted by atomic mass is 10.0. The van der Waals surface area contributed by atoms with E-state index in [2.05, 4.69) is 0 Å². The van der Waals surface area contributed by atoms with Crippen LogP contribution in [0.5, 0.6) is 0 Å². The topological polar surface area (TPSA) is 61.1 Å². The summed E-state index contributed by atoms with van der Waals surface area (Å²) in [5.41, 5.74) is -1.46. The number of aromatic carboxylic acids is 1.